The van der Waals surface area contributed by atoms with E-state index in [1.807, 2.05) is 19.1 Å². The van der Waals surface area contributed by atoms with E-state index in [-0.39, 0.29) is 0 Å². The van der Waals surface area contributed by atoms with Crippen LogP contribution in [0.3, 0.4) is 0 Å². The maximum Gasteiger partial charge on any atom is 0.121 e. The highest BCUT2D eigenvalue weighted by Gasteiger charge is 2.01. The van der Waals surface area contributed by atoms with Crippen molar-refractivity contribution in [1.29, 1.82) is 0 Å². The van der Waals surface area contributed by atoms with Gasteiger partial charge in [0.2, 0.25) is 0 Å². The lowest BCUT2D eigenvalue weighted by Crippen LogP contribution is -2.14. The summed E-state index contributed by atoms with van der Waals surface area (Å²) in [7, 11) is 0. The molecule has 1 rings (SSSR count). The van der Waals surface area contributed by atoms with Crippen molar-refractivity contribution in [3.05, 3.63) is 24.3 Å². The predicted octanol–water partition coefficient (Wildman–Crippen LogP) is 3.69. The van der Waals surface area contributed by atoms with Crippen LogP contribution in [0.1, 0.15) is 33.6 Å². The van der Waals surface area contributed by atoms with Crippen molar-refractivity contribution >= 4 is 5.69 Å². The summed E-state index contributed by atoms with van der Waals surface area (Å²) < 4.78 is 5.45. The van der Waals surface area contributed by atoms with Crippen LogP contribution in [0.5, 0.6) is 5.75 Å². The Morgan fingerprint density at radius 2 is 2.13 bits per heavy atom. The molecule has 0 spiro atoms. The smallest absolute Gasteiger partial charge is 0.121 e. The first kappa shape index (κ1) is 11.9. The third kappa shape index (κ3) is 4.24. The zero-order valence-electron chi connectivity index (χ0n) is 9.92. The number of nitrogens with one attached hydrogen (secondary N) is 1. The van der Waals surface area contributed by atoms with Gasteiger partial charge in [0.1, 0.15) is 5.75 Å². The van der Waals surface area contributed by atoms with Crippen molar-refractivity contribution < 1.29 is 4.74 Å². The Balaban J connectivity index is 2.56. The molecular formula is C13H21NO. The number of rotatable bonds is 6. The van der Waals surface area contributed by atoms with Gasteiger partial charge in [-0.1, -0.05) is 19.4 Å². The third-order valence-electron chi connectivity index (χ3n) is 2.28. The van der Waals surface area contributed by atoms with Gasteiger partial charge in [0, 0.05) is 17.8 Å². The van der Waals surface area contributed by atoms with E-state index in [1.54, 1.807) is 0 Å². The largest absolute Gasteiger partial charge is 0.494 e. The predicted molar refractivity (Wildman–Crippen MR) is 65.6 cm³/mol. The van der Waals surface area contributed by atoms with Crippen molar-refractivity contribution in [3.63, 3.8) is 0 Å². The number of anilines is 1. The third-order valence-corrected chi connectivity index (χ3v) is 2.28. The monoisotopic (exact) mass is 207 g/mol. The first-order valence-corrected chi connectivity index (χ1v) is 5.75. The van der Waals surface area contributed by atoms with E-state index in [2.05, 4.69) is 31.3 Å². The molecule has 0 unspecified atom stereocenters. The molecule has 2 heteroatoms. The summed E-state index contributed by atoms with van der Waals surface area (Å²) in [5.74, 6) is 0.936. The quantitative estimate of drug-likeness (QED) is 0.768. The highest BCUT2D eigenvalue weighted by molar-refractivity contribution is 5.48. The zero-order valence-corrected chi connectivity index (χ0v) is 9.92. The van der Waals surface area contributed by atoms with E-state index >= 15 is 0 Å². The standard InChI is InChI=1S/C13H21NO/c1-4-7-11(3)14-12-8-6-9-13(10-12)15-5-2/h6,8-11,14H,4-5,7H2,1-3H3/t11-/m0/s1. The molecule has 0 aliphatic heterocycles. The molecule has 0 aromatic heterocycles. The maximum atomic E-state index is 5.45. The molecule has 2 nitrogen and oxygen atoms in total. The fourth-order valence-electron chi connectivity index (χ4n) is 1.63. The Labute approximate surface area is 92.6 Å². The molecule has 1 aromatic carbocycles. The Hall–Kier alpha value is -1.18. The van der Waals surface area contributed by atoms with E-state index in [0.717, 1.165) is 11.4 Å². The van der Waals surface area contributed by atoms with Crippen LogP contribution in [0.4, 0.5) is 5.69 Å². The van der Waals surface area contributed by atoms with Crippen LogP contribution in [0.2, 0.25) is 0 Å². The first-order chi connectivity index (χ1) is 7.26. The van der Waals surface area contributed by atoms with Crippen molar-refractivity contribution in [2.75, 3.05) is 11.9 Å². The van der Waals surface area contributed by atoms with Crippen molar-refractivity contribution in [2.45, 2.75) is 39.7 Å². The van der Waals surface area contributed by atoms with Gasteiger partial charge in [0.05, 0.1) is 6.61 Å². The van der Waals surface area contributed by atoms with Crippen LogP contribution in [0.25, 0.3) is 0 Å². The summed E-state index contributed by atoms with van der Waals surface area (Å²) in [6, 6.07) is 8.65. The maximum absolute atomic E-state index is 5.45. The van der Waals surface area contributed by atoms with Crippen LogP contribution in [-0.4, -0.2) is 12.6 Å². The van der Waals surface area contributed by atoms with E-state index < -0.39 is 0 Å². The molecule has 0 radical (unpaired) electrons. The zero-order chi connectivity index (χ0) is 11.1. The summed E-state index contributed by atoms with van der Waals surface area (Å²) in [6.45, 7) is 7.12. The highest BCUT2D eigenvalue weighted by Crippen LogP contribution is 2.18. The minimum absolute atomic E-state index is 0.520. The number of ether oxygens (including phenoxy) is 1. The molecule has 0 aliphatic carbocycles. The summed E-state index contributed by atoms with van der Waals surface area (Å²) >= 11 is 0. The lowest BCUT2D eigenvalue weighted by Gasteiger charge is -2.15. The summed E-state index contributed by atoms with van der Waals surface area (Å²) in [5.41, 5.74) is 1.14. The Kier molecular flexibility index (Phi) is 5.02. The normalized spacial score (nSPS) is 12.2. The summed E-state index contributed by atoms with van der Waals surface area (Å²) in [5, 5.41) is 3.46. The van der Waals surface area contributed by atoms with Gasteiger partial charge in [-0.15, -0.1) is 0 Å². The molecule has 15 heavy (non-hydrogen) atoms. The highest BCUT2D eigenvalue weighted by atomic mass is 16.5. The fourth-order valence-corrected chi connectivity index (χ4v) is 1.63. The van der Waals surface area contributed by atoms with Crippen LogP contribution in [0, 0.1) is 0 Å². The Morgan fingerprint density at radius 1 is 1.33 bits per heavy atom. The van der Waals surface area contributed by atoms with Gasteiger partial charge < -0.3 is 10.1 Å². The van der Waals surface area contributed by atoms with E-state index in [9.17, 15) is 0 Å². The first-order valence-electron chi connectivity index (χ1n) is 5.75. The summed E-state index contributed by atoms with van der Waals surface area (Å²) in [4.78, 5) is 0. The average molecular weight is 207 g/mol. The number of benzene rings is 1. The molecule has 1 aromatic rings. The Bertz CT molecular complexity index is 286. The molecule has 0 aliphatic rings. The SMILES string of the molecule is CCC[C@H](C)Nc1cccc(OCC)c1. The van der Waals surface area contributed by atoms with Gasteiger partial charge in [0.15, 0.2) is 0 Å². The van der Waals surface area contributed by atoms with Gasteiger partial charge >= 0.3 is 0 Å². The van der Waals surface area contributed by atoms with Gasteiger partial charge in [-0.25, -0.2) is 0 Å². The van der Waals surface area contributed by atoms with Crippen LogP contribution >= 0.6 is 0 Å². The molecule has 0 saturated heterocycles. The molecule has 0 amide bonds. The van der Waals surface area contributed by atoms with Gasteiger partial charge in [-0.3, -0.25) is 0 Å². The molecule has 0 fully saturated rings. The van der Waals surface area contributed by atoms with Gasteiger partial charge in [0.25, 0.3) is 0 Å². The van der Waals surface area contributed by atoms with Crippen LogP contribution < -0.4 is 10.1 Å². The number of hydrogen-bond acceptors (Lipinski definition) is 2. The van der Waals surface area contributed by atoms with E-state index in [0.29, 0.717) is 12.6 Å². The lowest BCUT2D eigenvalue weighted by molar-refractivity contribution is 0.340. The second-order valence-electron chi connectivity index (χ2n) is 3.79. The van der Waals surface area contributed by atoms with Gasteiger partial charge in [-0.2, -0.15) is 0 Å². The number of hydrogen-bond donors (Lipinski definition) is 1. The molecule has 84 valence electrons. The van der Waals surface area contributed by atoms with Crippen molar-refractivity contribution in [1.82, 2.24) is 0 Å². The lowest BCUT2D eigenvalue weighted by atomic mass is 10.2. The topological polar surface area (TPSA) is 21.3 Å². The summed E-state index contributed by atoms with van der Waals surface area (Å²) in [6.07, 6.45) is 2.40. The molecule has 0 bridgehead atoms. The van der Waals surface area contributed by atoms with Crippen LogP contribution in [0.15, 0.2) is 24.3 Å². The fraction of sp³-hybridized carbons (Fsp3) is 0.538. The van der Waals surface area contributed by atoms with Gasteiger partial charge in [-0.05, 0) is 32.4 Å². The minimum Gasteiger partial charge on any atom is -0.494 e. The second-order valence-corrected chi connectivity index (χ2v) is 3.79. The van der Waals surface area contributed by atoms with Crippen molar-refractivity contribution in [3.8, 4) is 5.75 Å². The minimum atomic E-state index is 0.520. The molecule has 0 heterocycles. The molecular weight excluding hydrogens is 186 g/mol. The molecule has 0 saturated carbocycles. The van der Waals surface area contributed by atoms with Crippen LogP contribution in [-0.2, 0) is 0 Å². The molecule has 1 N–H and O–H groups in total. The average Bonchev–Trinajstić information content (AvgIpc) is 2.19. The molecule has 1 atom stereocenters. The Morgan fingerprint density at radius 3 is 2.80 bits per heavy atom. The van der Waals surface area contributed by atoms with E-state index in [4.69, 9.17) is 4.74 Å². The van der Waals surface area contributed by atoms with Crippen molar-refractivity contribution in [2.24, 2.45) is 0 Å². The van der Waals surface area contributed by atoms with E-state index in [1.165, 1.54) is 12.8 Å². The second kappa shape index (κ2) is 6.33.